The predicted molar refractivity (Wildman–Crippen MR) is 62.8 cm³/mol. The number of ketones is 2. The largest absolute Gasteiger partial charge is 0.299 e. The molecule has 0 amide bonds. The summed E-state index contributed by atoms with van der Waals surface area (Å²) in [5.41, 5.74) is 0. The number of hydrogen-bond donors (Lipinski definition) is 0. The maximum Gasteiger partial charge on any atom is 0.140 e. The van der Waals surface area contributed by atoms with Crippen LogP contribution in [0.3, 0.4) is 0 Å². The summed E-state index contributed by atoms with van der Waals surface area (Å²) in [5, 5.41) is 0. The van der Waals surface area contributed by atoms with E-state index in [1.165, 1.54) is 0 Å². The van der Waals surface area contributed by atoms with Gasteiger partial charge >= 0.3 is 0 Å². The Balaban J connectivity index is 3.55. The van der Waals surface area contributed by atoms with Crippen molar-refractivity contribution in [2.45, 2.75) is 58.8 Å². The van der Waals surface area contributed by atoms with Gasteiger partial charge < -0.3 is 0 Å². The highest BCUT2D eigenvalue weighted by molar-refractivity contribution is 5.99. The monoisotopic (exact) mass is 210 g/mol. The van der Waals surface area contributed by atoms with Gasteiger partial charge in [-0.25, -0.2) is 0 Å². The normalized spacial score (nSPS) is 10.8. The lowest BCUT2D eigenvalue weighted by Crippen LogP contribution is -2.06. The summed E-state index contributed by atoms with van der Waals surface area (Å²) in [6, 6.07) is 0. The number of Topliss-reactive ketones (excluding diaryl/α,β-unsaturated/α-hetero) is 2. The average molecular weight is 210 g/mol. The molecule has 0 unspecified atom stereocenters. The van der Waals surface area contributed by atoms with Gasteiger partial charge in [0.15, 0.2) is 0 Å². The number of carbonyl (C=O) groups excluding carboxylic acids is 2. The number of unbranched alkanes of at least 4 members (excludes halogenated alkanes) is 1. The van der Waals surface area contributed by atoms with Crippen LogP contribution in [0.4, 0.5) is 0 Å². The first-order valence-electron chi connectivity index (χ1n) is 5.89. The molecule has 2 nitrogen and oxygen atoms in total. The number of carbonyl (C=O) groups is 2. The molecule has 0 spiro atoms. The minimum Gasteiger partial charge on any atom is -0.299 e. The van der Waals surface area contributed by atoms with Crippen molar-refractivity contribution in [2.24, 2.45) is 0 Å². The van der Waals surface area contributed by atoms with Gasteiger partial charge in [-0.2, -0.15) is 0 Å². The summed E-state index contributed by atoms with van der Waals surface area (Å²) in [6.45, 7) is 4.11. The molecule has 15 heavy (non-hydrogen) atoms. The van der Waals surface area contributed by atoms with Gasteiger partial charge in [0.25, 0.3) is 0 Å². The van der Waals surface area contributed by atoms with Gasteiger partial charge in [-0.3, -0.25) is 9.59 Å². The van der Waals surface area contributed by atoms with Gasteiger partial charge in [-0.05, 0) is 19.3 Å². The van der Waals surface area contributed by atoms with E-state index in [4.69, 9.17) is 0 Å². The van der Waals surface area contributed by atoms with Crippen molar-refractivity contribution in [3.05, 3.63) is 12.2 Å². The lowest BCUT2D eigenvalue weighted by molar-refractivity contribution is -0.127. The third-order valence-corrected chi connectivity index (χ3v) is 2.20. The zero-order chi connectivity index (χ0) is 11.5. The minimum atomic E-state index is 0.0804. The molecule has 0 atom stereocenters. The van der Waals surface area contributed by atoms with E-state index in [1.807, 2.05) is 19.1 Å². The van der Waals surface area contributed by atoms with E-state index in [2.05, 4.69) is 6.92 Å². The quantitative estimate of drug-likeness (QED) is 0.431. The smallest absolute Gasteiger partial charge is 0.140 e. The Morgan fingerprint density at radius 1 is 1.00 bits per heavy atom. The summed E-state index contributed by atoms with van der Waals surface area (Å²) in [7, 11) is 0. The van der Waals surface area contributed by atoms with E-state index in [0.29, 0.717) is 12.8 Å². The van der Waals surface area contributed by atoms with Crippen LogP contribution in [0, 0.1) is 0 Å². The van der Waals surface area contributed by atoms with E-state index in [1.54, 1.807) is 0 Å². The highest BCUT2D eigenvalue weighted by atomic mass is 16.1. The molecule has 0 aromatic heterocycles. The summed E-state index contributed by atoms with van der Waals surface area (Å²) >= 11 is 0. The van der Waals surface area contributed by atoms with E-state index < -0.39 is 0 Å². The third kappa shape index (κ3) is 9.39. The van der Waals surface area contributed by atoms with Gasteiger partial charge in [0.05, 0.1) is 6.42 Å². The van der Waals surface area contributed by atoms with Crippen LogP contribution >= 0.6 is 0 Å². The van der Waals surface area contributed by atoms with Gasteiger partial charge in [0, 0.05) is 12.8 Å². The van der Waals surface area contributed by atoms with Crippen LogP contribution < -0.4 is 0 Å². The number of rotatable bonds is 9. The number of allylic oxidation sites excluding steroid dienone is 2. The molecule has 0 aliphatic carbocycles. The second-order valence-electron chi connectivity index (χ2n) is 3.78. The molecule has 86 valence electrons. The molecule has 0 radical (unpaired) electrons. The molecule has 2 heteroatoms. The fraction of sp³-hybridized carbons (Fsp3) is 0.692. The summed E-state index contributed by atoms with van der Waals surface area (Å²) in [6.07, 6.45) is 8.96. The first-order valence-corrected chi connectivity index (χ1v) is 5.89. The molecule has 0 saturated carbocycles. The summed E-state index contributed by atoms with van der Waals surface area (Å²) < 4.78 is 0. The maximum absolute atomic E-state index is 11.3. The van der Waals surface area contributed by atoms with Crippen molar-refractivity contribution in [1.82, 2.24) is 0 Å². The van der Waals surface area contributed by atoms with Crippen LogP contribution in [0.15, 0.2) is 12.2 Å². The van der Waals surface area contributed by atoms with Crippen LogP contribution in [0.1, 0.15) is 58.8 Å². The SMILES string of the molecule is CC/C=C/CCC(=O)CC(=O)CCCC. The van der Waals surface area contributed by atoms with Crippen molar-refractivity contribution < 1.29 is 9.59 Å². The Hall–Kier alpha value is -0.920. The third-order valence-electron chi connectivity index (χ3n) is 2.20. The fourth-order valence-electron chi connectivity index (χ4n) is 1.30. The second-order valence-corrected chi connectivity index (χ2v) is 3.78. The van der Waals surface area contributed by atoms with Crippen LogP contribution in [0.2, 0.25) is 0 Å². The minimum absolute atomic E-state index is 0.0804. The molecule has 0 fully saturated rings. The molecule has 0 heterocycles. The van der Waals surface area contributed by atoms with E-state index in [-0.39, 0.29) is 18.0 Å². The van der Waals surface area contributed by atoms with Crippen molar-refractivity contribution in [2.75, 3.05) is 0 Å². The second kappa shape index (κ2) is 9.63. The Kier molecular flexibility index (Phi) is 9.04. The fourth-order valence-corrected chi connectivity index (χ4v) is 1.30. The molecule has 0 aliphatic heterocycles. The molecule has 0 bridgehead atoms. The van der Waals surface area contributed by atoms with Gasteiger partial charge in [0.1, 0.15) is 11.6 Å². The van der Waals surface area contributed by atoms with Gasteiger partial charge in [-0.15, -0.1) is 0 Å². The lowest BCUT2D eigenvalue weighted by Gasteiger charge is -1.98. The molecule has 0 rings (SSSR count). The zero-order valence-corrected chi connectivity index (χ0v) is 9.92. The lowest BCUT2D eigenvalue weighted by atomic mass is 10.1. The van der Waals surface area contributed by atoms with E-state index in [9.17, 15) is 9.59 Å². The molecule has 0 aromatic rings. The van der Waals surface area contributed by atoms with E-state index in [0.717, 1.165) is 25.7 Å². The van der Waals surface area contributed by atoms with Crippen LogP contribution in [-0.2, 0) is 9.59 Å². The molecular formula is C13H22O2. The average Bonchev–Trinajstić information content (AvgIpc) is 2.21. The van der Waals surface area contributed by atoms with Crippen molar-refractivity contribution in [3.63, 3.8) is 0 Å². The first-order chi connectivity index (χ1) is 7.20. The van der Waals surface area contributed by atoms with Gasteiger partial charge in [0.2, 0.25) is 0 Å². The Bertz CT molecular complexity index is 217. The van der Waals surface area contributed by atoms with Crippen LogP contribution in [0.25, 0.3) is 0 Å². The zero-order valence-electron chi connectivity index (χ0n) is 9.92. The van der Waals surface area contributed by atoms with Crippen LogP contribution in [0.5, 0.6) is 0 Å². The van der Waals surface area contributed by atoms with Gasteiger partial charge in [-0.1, -0.05) is 32.4 Å². The standard InChI is InChI=1S/C13H22O2/c1-3-5-7-8-10-13(15)11-12(14)9-6-4-2/h5,7H,3-4,6,8-11H2,1-2H3/b7-5+. The molecule has 0 saturated heterocycles. The molecular weight excluding hydrogens is 188 g/mol. The molecule has 0 aliphatic rings. The topological polar surface area (TPSA) is 34.1 Å². The number of hydrogen-bond acceptors (Lipinski definition) is 2. The highest BCUT2D eigenvalue weighted by Crippen LogP contribution is 2.03. The Morgan fingerprint density at radius 2 is 1.67 bits per heavy atom. The Labute approximate surface area is 92.8 Å². The van der Waals surface area contributed by atoms with Crippen molar-refractivity contribution >= 4 is 11.6 Å². The summed E-state index contributed by atoms with van der Waals surface area (Å²) in [5.74, 6) is 0.179. The Morgan fingerprint density at radius 3 is 2.27 bits per heavy atom. The first kappa shape index (κ1) is 14.1. The van der Waals surface area contributed by atoms with E-state index >= 15 is 0 Å². The molecule has 0 aromatic carbocycles. The van der Waals surface area contributed by atoms with Crippen molar-refractivity contribution in [3.8, 4) is 0 Å². The maximum atomic E-state index is 11.3. The summed E-state index contributed by atoms with van der Waals surface area (Å²) in [4.78, 5) is 22.6. The van der Waals surface area contributed by atoms with Crippen LogP contribution in [-0.4, -0.2) is 11.6 Å². The van der Waals surface area contributed by atoms with Crippen molar-refractivity contribution in [1.29, 1.82) is 0 Å². The molecule has 0 N–H and O–H groups in total. The predicted octanol–water partition coefficient (Wildman–Crippen LogP) is 3.45. The highest BCUT2D eigenvalue weighted by Gasteiger charge is 2.07.